The Labute approximate surface area is 95.1 Å². The van der Waals surface area contributed by atoms with Gasteiger partial charge in [0.2, 0.25) is 5.95 Å². The van der Waals surface area contributed by atoms with Crippen molar-refractivity contribution in [3.63, 3.8) is 0 Å². The van der Waals surface area contributed by atoms with Crippen LogP contribution in [0.3, 0.4) is 0 Å². The molecule has 0 radical (unpaired) electrons. The molecule has 0 bridgehead atoms. The van der Waals surface area contributed by atoms with Crippen LogP contribution in [-0.4, -0.2) is 11.1 Å². The highest BCUT2D eigenvalue weighted by Crippen LogP contribution is 2.52. The Morgan fingerprint density at radius 3 is 3.13 bits per heavy atom. The first-order valence-electron chi connectivity index (χ1n) is 4.85. The Morgan fingerprint density at radius 1 is 1.73 bits per heavy atom. The number of fused-ring (bicyclic) bond motifs is 1. The second-order valence-corrected chi connectivity index (χ2v) is 5.21. The Hall–Kier alpha value is -0.520. The van der Waals surface area contributed by atoms with E-state index in [2.05, 4.69) is 26.4 Å². The zero-order valence-electron chi connectivity index (χ0n) is 8.13. The van der Waals surface area contributed by atoms with Crippen molar-refractivity contribution in [1.82, 2.24) is 10.5 Å². The molecule has 15 heavy (non-hydrogen) atoms. The van der Waals surface area contributed by atoms with E-state index in [1.54, 1.807) is 6.07 Å². The monoisotopic (exact) mass is 272 g/mol. The lowest BCUT2D eigenvalue weighted by molar-refractivity contribution is 0.0210. The number of halogens is 2. The van der Waals surface area contributed by atoms with Crippen molar-refractivity contribution >= 4 is 15.9 Å². The smallest absolute Gasteiger partial charge is 0.218 e. The van der Waals surface area contributed by atoms with Gasteiger partial charge in [0.15, 0.2) is 0 Å². The number of pyridine rings is 1. The van der Waals surface area contributed by atoms with E-state index in [-0.39, 0.29) is 6.10 Å². The zero-order chi connectivity index (χ0) is 10.6. The number of aromatic nitrogens is 1. The predicted octanol–water partition coefficient (Wildman–Crippen LogP) is 2.12. The van der Waals surface area contributed by atoms with Crippen LogP contribution in [0.15, 0.2) is 16.7 Å². The first-order valence-corrected chi connectivity index (χ1v) is 5.65. The lowest BCUT2D eigenvalue weighted by Gasteiger charge is -2.25. The molecule has 0 spiro atoms. The van der Waals surface area contributed by atoms with Gasteiger partial charge in [-0.2, -0.15) is 9.87 Å². The number of hydroxylamine groups is 1. The third-order valence-corrected chi connectivity index (χ3v) is 3.69. The molecule has 3 nitrogen and oxygen atoms in total. The fourth-order valence-corrected chi connectivity index (χ4v) is 2.56. The Morgan fingerprint density at radius 2 is 2.53 bits per heavy atom. The molecule has 0 amide bonds. The van der Waals surface area contributed by atoms with Gasteiger partial charge in [0.05, 0.1) is 11.6 Å². The number of hydrogen-bond acceptors (Lipinski definition) is 3. The topological polar surface area (TPSA) is 34.2 Å². The van der Waals surface area contributed by atoms with Crippen LogP contribution >= 0.6 is 15.9 Å². The van der Waals surface area contributed by atoms with Gasteiger partial charge < -0.3 is 0 Å². The molecule has 2 heterocycles. The van der Waals surface area contributed by atoms with E-state index in [9.17, 15) is 4.39 Å². The van der Waals surface area contributed by atoms with Gasteiger partial charge in [-0.1, -0.05) is 0 Å². The molecule has 1 aliphatic carbocycles. The first kappa shape index (κ1) is 9.69. The maximum absolute atomic E-state index is 13.6. The average molecular weight is 273 g/mol. The molecule has 3 rings (SSSR count). The molecule has 3 atom stereocenters. The van der Waals surface area contributed by atoms with Gasteiger partial charge in [-0.05, 0) is 35.3 Å². The van der Waals surface area contributed by atoms with Crippen molar-refractivity contribution in [3.8, 4) is 0 Å². The summed E-state index contributed by atoms with van der Waals surface area (Å²) in [6.07, 6.45) is 2.70. The number of rotatable bonds is 1. The van der Waals surface area contributed by atoms with Crippen molar-refractivity contribution in [3.05, 3.63) is 28.2 Å². The summed E-state index contributed by atoms with van der Waals surface area (Å²) in [4.78, 5) is 9.04. The summed E-state index contributed by atoms with van der Waals surface area (Å²) in [6, 6.07) is 1.76. The van der Waals surface area contributed by atoms with Crippen LogP contribution in [0.1, 0.15) is 18.9 Å². The summed E-state index contributed by atoms with van der Waals surface area (Å²) in [6.45, 7) is 1.96. The summed E-state index contributed by atoms with van der Waals surface area (Å²) in [5.41, 5.74) is 3.05. The summed E-state index contributed by atoms with van der Waals surface area (Å²) in [7, 11) is 0. The van der Waals surface area contributed by atoms with E-state index in [0.717, 1.165) is 10.9 Å². The van der Waals surface area contributed by atoms with Gasteiger partial charge in [-0.15, -0.1) is 0 Å². The number of hydrogen-bond donors (Lipinski definition) is 1. The van der Waals surface area contributed by atoms with Crippen LogP contribution < -0.4 is 5.48 Å². The van der Waals surface area contributed by atoms with E-state index < -0.39 is 11.5 Å². The van der Waals surface area contributed by atoms with Crippen molar-refractivity contribution in [2.24, 2.45) is 5.92 Å². The van der Waals surface area contributed by atoms with Crippen molar-refractivity contribution in [2.45, 2.75) is 25.0 Å². The minimum atomic E-state index is -0.439. The maximum atomic E-state index is 13.6. The minimum Gasteiger partial charge on any atom is -0.297 e. The molecule has 1 unspecified atom stereocenters. The summed E-state index contributed by atoms with van der Waals surface area (Å²) < 4.78 is 14.4. The van der Waals surface area contributed by atoms with Crippen LogP contribution in [0.25, 0.3) is 0 Å². The molecule has 1 saturated heterocycles. The fourth-order valence-electron chi connectivity index (χ4n) is 2.22. The number of nitrogens with zero attached hydrogens (tertiary/aromatic N) is 1. The van der Waals surface area contributed by atoms with Gasteiger partial charge in [-0.25, -0.2) is 4.98 Å². The summed E-state index contributed by atoms with van der Waals surface area (Å²) >= 11 is 3.30. The SMILES string of the molecule is C[C@@]1(c2cc(Br)cnc2F)NOC2C[C@H]21. The molecule has 80 valence electrons. The highest BCUT2D eigenvalue weighted by atomic mass is 79.9. The first-order chi connectivity index (χ1) is 7.11. The van der Waals surface area contributed by atoms with Crippen molar-refractivity contribution in [1.29, 1.82) is 0 Å². The molecule has 0 aromatic carbocycles. The lowest BCUT2D eigenvalue weighted by Crippen LogP contribution is -2.37. The van der Waals surface area contributed by atoms with E-state index in [1.807, 2.05) is 6.92 Å². The Bertz CT molecular complexity index is 428. The van der Waals surface area contributed by atoms with E-state index >= 15 is 0 Å². The highest BCUT2D eigenvalue weighted by Gasteiger charge is 2.59. The van der Waals surface area contributed by atoms with Crippen LogP contribution in [0.2, 0.25) is 0 Å². The molecular weight excluding hydrogens is 263 g/mol. The van der Waals surface area contributed by atoms with Crippen LogP contribution in [0.5, 0.6) is 0 Å². The van der Waals surface area contributed by atoms with Crippen LogP contribution in [0.4, 0.5) is 4.39 Å². The molecule has 2 fully saturated rings. The average Bonchev–Trinajstić information content (AvgIpc) is 2.92. The van der Waals surface area contributed by atoms with Crippen molar-refractivity contribution in [2.75, 3.05) is 0 Å². The molecule has 2 aliphatic rings. The van der Waals surface area contributed by atoms with Gasteiger partial charge in [0.1, 0.15) is 0 Å². The number of nitrogens with one attached hydrogen (secondary N) is 1. The fraction of sp³-hybridized carbons (Fsp3) is 0.500. The molecule has 1 aromatic rings. The normalized spacial score (nSPS) is 37.8. The third kappa shape index (κ3) is 1.33. The molecule has 1 aromatic heterocycles. The molecule has 1 aliphatic heterocycles. The summed E-state index contributed by atoms with van der Waals surface area (Å²) in [5.74, 6) is -0.0625. The molecule has 1 saturated carbocycles. The van der Waals surface area contributed by atoms with Crippen LogP contribution in [-0.2, 0) is 10.4 Å². The standard InChI is InChI=1S/C10H10BrFN2O/c1-10(6-3-8(6)15-14-10)7-2-5(11)4-13-9(7)12/h2,4,6,8,14H,3H2,1H3/t6-,8?,10-/m1/s1. The zero-order valence-corrected chi connectivity index (χ0v) is 9.71. The van der Waals surface area contributed by atoms with Crippen molar-refractivity contribution < 1.29 is 9.23 Å². The Balaban J connectivity index is 2.08. The van der Waals surface area contributed by atoms with Crippen LogP contribution in [0, 0.1) is 11.9 Å². The summed E-state index contributed by atoms with van der Waals surface area (Å²) in [5, 5.41) is 0. The third-order valence-electron chi connectivity index (χ3n) is 3.26. The van der Waals surface area contributed by atoms with Gasteiger partial charge in [0.25, 0.3) is 0 Å². The highest BCUT2D eigenvalue weighted by molar-refractivity contribution is 9.10. The largest absolute Gasteiger partial charge is 0.297 e. The van der Waals surface area contributed by atoms with E-state index in [0.29, 0.717) is 11.5 Å². The quantitative estimate of drug-likeness (QED) is 0.796. The maximum Gasteiger partial charge on any atom is 0.218 e. The minimum absolute atomic E-state index is 0.244. The second kappa shape index (κ2) is 2.99. The molecule has 1 N–H and O–H groups in total. The second-order valence-electron chi connectivity index (χ2n) is 4.29. The Kier molecular flexibility index (Phi) is 1.93. The molecular formula is C10H10BrFN2O. The van der Waals surface area contributed by atoms with Gasteiger partial charge in [-0.3, -0.25) is 4.84 Å². The lowest BCUT2D eigenvalue weighted by atomic mass is 9.89. The molecule has 5 heteroatoms. The van der Waals surface area contributed by atoms with E-state index in [4.69, 9.17) is 4.84 Å². The van der Waals surface area contributed by atoms with E-state index in [1.165, 1.54) is 6.20 Å². The van der Waals surface area contributed by atoms with Gasteiger partial charge in [0, 0.05) is 22.2 Å². The van der Waals surface area contributed by atoms with Gasteiger partial charge >= 0.3 is 0 Å². The predicted molar refractivity (Wildman–Crippen MR) is 55.4 cm³/mol.